The molecule has 4 aromatic rings. The van der Waals surface area contributed by atoms with Crippen molar-refractivity contribution >= 4 is 5.91 Å². The number of hydrogen-bond donors (Lipinski definition) is 1. The van der Waals surface area contributed by atoms with Gasteiger partial charge in [0.05, 0.1) is 11.7 Å². The highest BCUT2D eigenvalue weighted by atomic mass is 19.1. The van der Waals surface area contributed by atoms with E-state index in [0.29, 0.717) is 11.3 Å². The van der Waals surface area contributed by atoms with Crippen molar-refractivity contribution < 1.29 is 9.18 Å². The quantitative estimate of drug-likeness (QED) is 0.542. The van der Waals surface area contributed by atoms with Gasteiger partial charge in [-0.3, -0.25) is 4.79 Å². The minimum absolute atomic E-state index is 0.241. The van der Waals surface area contributed by atoms with E-state index in [9.17, 15) is 9.18 Å². The molecule has 1 amide bonds. The minimum atomic E-state index is -0.311. The van der Waals surface area contributed by atoms with Crippen LogP contribution in [0.5, 0.6) is 0 Å². The summed E-state index contributed by atoms with van der Waals surface area (Å²) in [4.78, 5) is 13.0. The minimum Gasteiger partial charge on any atom is -0.346 e. The summed E-state index contributed by atoms with van der Waals surface area (Å²) in [5, 5.41) is 14.3. The Bertz CT molecular complexity index is 1160. The average molecular weight is 401 g/mol. The first-order valence-electron chi connectivity index (χ1n) is 9.51. The monoisotopic (exact) mass is 401 g/mol. The molecule has 1 heterocycles. The number of hydrogen-bond acceptors (Lipinski definition) is 4. The highest BCUT2D eigenvalue weighted by molar-refractivity contribution is 5.96. The Morgan fingerprint density at radius 1 is 1.00 bits per heavy atom. The lowest BCUT2D eigenvalue weighted by atomic mass is 10.00. The Labute approximate surface area is 173 Å². The van der Waals surface area contributed by atoms with Gasteiger partial charge in [-0.1, -0.05) is 42.0 Å². The van der Waals surface area contributed by atoms with Crippen molar-refractivity contribution in [2.75, 3.05) is 0 Å². The molecular formula is C23H20FN5O. The number of benzene rings is 3. The van der Waals surface area contributed by atoms with Crippen LogP contribution >= 0.6 is 0 Å². The molecule has 0 aliphatic carbocycles. The Kier molecular flexibility index (Phi) is 5.34. The lowest BCUT2D eigenvalue weighted by molar-refractivity contribution is 0.0940. The average Bonchev–Trinajstić information content (AvgIpc) is 3.29. The van der Waals surface area contributed by atoms with Crippen molar-refractivity contribution in [3.63, 3.8) is 0 Å². The van der Waals surface area contributed by atoms with E-state index in [0.717, 1.165) is 22.3 Å². The molecule has 0 spiro atoms. The molecule has 0 bridgehead atoms. The largest absolute Gasteiger partial charge is 0.346 e. The predicted octanol–water partition coefficient (Wildman–Crippen LogP) is 4.27. The molecular weight excluding hydrogens is 381 g/mol. The van der Waals surface area contributed by atoms with Crippen LogP contribution in [-0.4, -0.2) is 26.1 Å². The Morgan fingerprint density at radius 3 is 2.40 bits per heavy atom. The third-order valence-electron chi connectivity index (χ3n) is 4.90. The summed E-state index contributed by atoms with van der Waals surface area (Å²) in [6.45, 7) is 3.88. The number of carbonyl (C=O) groups excluding carboxylic acids is 1. The zero-order chi connectivity index (χ0) is 21.1. The van der Waals surface area contributed by atoms with Crippen LogP contribution in [0.15, 0.2) is 73.1 Å². The van der Waals surface area contributed by atoms with E-state index in [1.807, 2.05) is 50.2 Å². The normalized spacial score (nSPS) is 11.8. The summed E-state index contributed by atoms with van der Waals surface area (Å²) in [7, 11) is 0. The molecule has 7 heteroatoms. The number of rotatable bonds is 5. The van der Waals surface area contributed by atoms with E-state index in [4.69, 9.17) is 0 Å². The fraction of sp³-hybridized carbons (Fsp3) is 0.130. The molecule has 0 saturated heterocycles. The van der Waals surface area contributed by atoms with Gasteiger partial charge in [-0.2, -0.15) is 0 Å². The first-order valence-corrected chi connectivity index (χ1v) is 9.51. The van der Waals surface area contributed by atoms with E-state index in [-0.39, 0.29) is 17.8 Å². The first-order chi connectivity index (χ1) is 14.5. The second-order valence-electron chi connectivity index (χ2n) is 7.14. The molecule has 1 N–H and O–H groups in total. The second kappa shape index (κ2) is 8.24. The van der Waals surface area contributed by atoms with Crippen LogP contribution in [0.25, 0.3) is 16.8 Å². The molecule has 0 saturated carbocycles. The van der Waals surface area contributed by atoms with Crippen LogP contribution in [0.2, 0.25) is 0 Å². The maximum Gasteiger partial charge on any atom is 0.251 e. The summed E-state index contributed by atoms with van der Waals surface area (Å²) in [5.74, 6) is -0.552. The van der Waals surface area contributed by atoms with Crippen molar-refractivity contribution in [3.05, 3.63) is 95.6 Å². The molecule has 0 radical (unpaired) electrons. The van der Waals surface area contributed by atoms with Gasteiger partial charge in [0.2, 0.25) is 0 Å². The maximum absolute atomic E-state index is 13.2. The Balaban J connectivity index is 1.68. The van der Waals surface area contributed by atoms with Crippen LogP contribution < -0.4 is 5.32 Å². The Morgan fingerprint density at radius 2 is 1.73 bits per heavy atom. The molecule has 1 atom stereocenters. The van der Waals surface area contributed by atoms with E-state index in [2.05, 4.69) is 20.8 Å². The molecule has 30 heavy (non-hydrogen) atoms. The van der Waals surface area contributed by atoms with E-state index in [1.54, 1.807) is 18.2 Å². The summed E-state index contributed by atoms with van der Waals surface area (Å²) >= 11 is 0. The number of carbonyl (C=O) groups is 1. The van der Waals surface area contributed by atoms with Crippen LogP contribution in [0, 0.1) is 12.7 Å². The number of nitrogens with zero attached hydrogens (tertiary/aromatic N) is 4. The molecule has 6 nitrogen and oxygen atoms in total. The van der Waals surface area contributed by atoms with Crippen molar-refractivity contribution in [1.82, 2.24) is 25.5 Å². The smallest absolute Gasteiger partial charge is 0.251 e. The van der Waals surface area contributed by atoms with Crippen molar-refractivity contribution in [1.29, 1.82) is 0 Å². The molecule has 0 fully saturated rings. The zero-order valence-corrected chi connectivity index (χ0v) is 16.6. The number of aryl methyl sites for hydroxylation is 1. The lowest BCUT2D eigenvalue weighted by Gasteiger charge is -2.16. The highest BCUT2D eigenvalue weighted by Gasteiger charge is 2.15. The molecule has 0 aliphatic rings. The molecule has 1 aromatic heterocycles. The van der Waals surface area contributed by atoms with Crippen LogP contribution in [0.4, 0.5) is 4.39 Å². The summed E-state index contributed by atoms with van der Waals surface area (Å²) in [6.07, 6.45) is 1.48. The van der Waals surface area contributed by atoms with Gasteiger partial charge in [0.15, 0.2) is 0 Å². The van der Waals surface area contributed by atoms with Crippen LogP contribution in [0.1, 0.15) is 34.5 Å². The number of nitrogens with one attached hydrogen (secondary N) is 1. The number of halogens is 1. The van der Waals surface area contributed by atoms with Gasteiger partial charge in [-0.05, 0) is 71.3 Å². The van der Waals surface area contributed by atoms with Gasteiger partial charge in [-0.25, -0.2) is 9.07 Å². The van der Waals surface area contributed by atoms with Gasteiger partial charge in [0.1, 0.15) is 12.1 Å². The van der Waals surface area contributed by atoms with Gasteiger partial charge >= 0.3 is 0 Å². The fourth-order valence-electron chi connectivity index (χ4n) is 3.18. The maximum atomic E-state index is 13.2. The highest BCUT2D eigenvalue weighted by Crippen LogP contribution is 2.25. The van der Waals surface area contributed by atoms with Crippen LogP contribution in [0.3, 0.4) is 0 Å². The van der Waals surface area contributed by atoms with E-state index >= 15 is 0 Å². The molecule has 0 aliphatic heterocycles. The standard InChI is InChI=1S/C23H20FN5O/c1-15-3-5-18(6-4-15)19-11-20(13-22(12-19)29-14-25-27-28-29)23(30)26-16(2)17-7-9-21(24)10-8-17/h3-14,16H,1-2H3,(H,26,30). The summed E-state index contributed by atoms with van der Waals surface area (Å²) in [5.41, 5.74) is 4.99. The molecule has 4 rings (SSSR count). The van der Waals surface area contributed by atoms with Gasteiger partial charge in [-0.15, -0.1) is 5.10 Å². The molecule has 150 valence electrons. The van der Waals surface area contributed by atoms with Gasteiger partial charge in [0.25, 0.3) is 5.91 Å². The van der Waals surface area contributed by atoms with Crippen molar-refractivity contribution in [2.24, 2.45) is 0 Å². The Hall–Kier alpha value is -3.87. The van der Waals surface area contributed by atoms with Gasteiger partial charge in [0, 0.05) is 5.56 Å². The van der Waals surface area contributed by atoms with Crippen LogP contribution in [-0.2, 0) is 0 Å². The molecule has 1 unspecified atom stereocenters. The number of amides is 1. The van der Waals surface area contributed by atoms with Crippen molar-refractivity contribution in [3.8, 4) is 16.8 Å². The second-order valence-corrected chi connectivity index (χ2v) is 7.14. The lowest BCUT2D eigenvalue weighted by Crippen LogP contribution is -2.26. The van der Waals surface area contributed by atoms with E-state index in [1.165, 1.54) is 23.1 Å². The number of tetrazole rings is 1. The third kappa shape index (κ3) is 4.25. The third-order valence-corrected chi connectivity index (χ3v) is 4.90. The number of aromatic nitrogens is 4. The summed E-state index contributed by atoms with van der Waals surface area (Å²) in [6, 6.07) is 19.4. The fourth-order valence-corrected chi connectivity index (χ4v) is 3.18. The van der Waals surface area contributed by atoms with Crippen molar-refractivity contribution in [2.45, 2.75) is 19.9 Å². The SMILES string of the molecule is Cc1ccc(-c2cc(C(=O)NC(C)c3ccc(F)cc3)cc(-n3cnnn3)c2)cc1. The molecule has 3 aromatic carbocycles. The topological polar surface area (TPSA) is 72.7 Å². The first kappa shape index (κ1) is 19.4. The zero-order valence-electron chi connectivity index (χ0n) is 16.6. The predicted molar refractivity (Wildman–Crippen MR) is 112 cm³/mol. The summed E-state index contributed by atoms with van der Waals surface area (Å²) < 4.78 is 14.7. The van der Waals surface area contributed by atoms with E-state index < -0.39 is 0 Å². The van der Waals surface area contributed by atoms with Gasteiger partial charge < -0.3 is 5.32 Å².